The van der Waals surface area contributed by atoms with Gasteiger partial charge in [-0.25, -0.2) is 4.79 Å². The van der Waals surface area contributed by atoms with Gasteiger partial charge < -0.3 is 50.5 Å². The quantitative estimate of drug-likeness (QED) is 0.0440. The van der Waals surface area contributed by atoms with Gasteiger partial charge in [-0.1, -0.05) is 84.9 Å². The Morgan fingerprint density at radius 3 is 2.29 bits per heavy atom. The lowest BCUT2D eigenvalue weighted by atomic mass is 9.86. The molecule has 6 aromatic rings. The number of phenolic OH excluding ortho intramolecular Hbond substituents is 1. The number of H-pyrrole nitrogens is 1. The van der Waals surface area contributed by atoms with E-state index in [-0.39, 0.29) is 78.1 Å². The van der Waals surface area contributed by atoms with Gasteiger partial charge in [0, 0.05) is 59.9 Å². The number of phenols is 1. The first-order chi connectivity index (χ1) is 33.8. The highest BCUT2D eigenvalue weighted by Crippen LogP contribution is 2.34. The number of carbonyl (C=O) groups excluding carboxylic acids is 3. The summed E-state index contributed by atoms with van der Waals surface area (Å²) in [6.45, 7) is 6.82. The zero-order chi connectivity index (χ0) is 49.2. The van der Waals surface area contributed by atoms with Crippen molar-refractivity contribution < 1.29 is 43.9 Å². The number of aliphatic hydroxyl groups excluding tert-OH is 1. The number of esters is 1. The summed E-state index contributed by atoms with van der Waals surface area (Å²) in [5.41, 5.74) is 1.39. The minimum absolute atomic E-state index is 0.0870. The maximum Gasteiger partial charge on any atom is 0.347 e. The van der Waals surface area contributed by atoms with Gasteiger partial charge in [0.15, 0.2) is 6.61 Å². The van der Waals surface area contributed by atoms with Crippen LogP contribution in [-0.4, -0.2) is 94.0 Å². The molecule has 2 fully saturated rings. The van der Waals surface area contributed by atoms with Gasteiger partial charge in [-0.05, 0) is 112 Å². The number of likely N-dealkylation sites (tertiary alicyclic amines) is 1. The third-order valence-electron chi connectivity index (χ3n) is 13.0. The fourth-order valence-corrected chi connectivity index (χ4v) is 9.09. The third kappa shape index (κ3) is 12.2. The van der Waals surface area contributed by atoms with Crippen LogP contribution in [0.25, 0.3) is 10.9 Å². The molecule has 0 spiro atoms. The van der Waals surface area contributed by atoms with Crippen LogP contribution in [0.5, 0.6) is 17.2 Å². The predicted octanol–water partition coefficient (Wildman–Crippen LogP) is 5.99. The van der Waals surface area contributed by atoms with E-state index < -0.39 is 17.7 Å². The van der Waals surface area contributed by atoms with Gasteiger partial charge in [-0.15, -0.1) is 0 Å². The summed E-state index contributed by atoms with van der Waals surface area (Å²) in [5.74, 6) is -0.516. The summed E-state index contributed by atoms with van der Waals surface area (Å²) >= 11 is 0. The number of aliphatic hydroxyl groups is 2. The third-order valence-corrected chi connectivity index (χ3v) is 13.0. The van der Waals surface area contributed by atoms with Crippen LogP contribution in [0.15, 0.2) is 132 Å². The fraction of sp³-hybridized carbons (Fsp3) is 0.345. The Morgan fingerprint density at radius 2 is 1.54 bits per heavy atom. The number of hydrogen-bond acceptors (Lipinski definition) is 12. The highest BCUT2D eigenvalue weighted by molar-refractivity contribution is 5.95. The molecule has 15 nitrogen and oxygen atoms in total. The SMILES string of the molecule is CC(C)Oc1cc(C(=O)NC2CC(NC(=O)COc3cccc(C(O)(C(=O)OCC4CCN(Cc5ccccc5)CC4)c4ccccc4)c3)C2)ccc1CNC[C@H](O)c1ccc(O)c2[nH]c(=O)ccc12. The molecule has 2 aliphatic rings. The summed E-state index contributed by atoms with van der Waals surface area (Å²) in [6, 6.07) is 36.4. The summed E-state index contributed by atoms with van der Waals surface area (Å²) in [4.78, 5) is 57.2. The molecule has 1 aliphatic heterocycles. The second kappa shape index (κ2) is 22.6. The number of nitrogens with zero attached hydrogens (tertiary/aromatic N) is 1. The van der Waals surface area contributed by atoms with E-state index in [9.17, 15) is 34.5 Å². The van der Waals surface area contributed by atoms with E-state index in [0.717, 1.165) is 38.0 Å². The van der Waals surface area contributed by atoms with Crippen molar-refractivity contribution in [1.29, 1.82) is 0 Å². The molecule has 2 amide bonds. The molecule has 0 radical (unpaired) electrons. The number of aromatic hydroxyl groups is 1. The first-order valence-electron chi connectivity index (χ1n) is 23.9. The van der Waals surface area contributed by atoms with Crippen LogP contribution in [0.4, 0.5) is 0 Å². The Balaban J connectivity index is 0.796. The van der Waals surface area contributed by atoms with Crippen LogP contribution in [-0.2, 0) is 33.0 Å². The standard InChI is InChI=1S/C55H61N5O10/c1-35(2)70-49-26-38(16-17-39(49)30-56-31-48(62)45-18-20-47(61)52-46(45)19-21-50(63)59-52)53(65)58-43-28-42(29-43)57-51(64)34-68-44-15-9-14-41(27-44)55(67,40-12-7-4-8-13-40)54(66)69-33-37-22-24-60(25-23-37)32-36-10-5-3-6-11-36/h3-21,26-27,35,37,42-43,48,56,61-62,67H,22-25,28-34H2,1-2H3,(H,57,64)(H,58,65)(H,59,63)/t42?,43?,48-,55?/m0/s1. The second-order valence-electron chi connectivity index (χ2n) is 18.5. The van der Waals surface area contributed by atoms with Crippen LogP contribution >= 0.6 is 0 Å². The lowest BCUT2D eigenvalue weighted by Gasteiger charge is -2.36. The molecular formula is C55H61N5O10. The number of aromatic amines is 1. The lowest BCUT2D eigenvalue weighted by Crippen LogP contribution is -2.54. The van der Waals surface area contributed by atoms with Crippen LogP contribution in [0, 0.1) is 5.92 Å². The van der Waals surface area contributed by atoms with Crippen molar-refractivity contribution in [2.24, 2.45) is 5.92 Å². The Hall–Kier alpha value is -7.04. The van der Waals surface area contributed by atoms with E-state index in [1.807, 2.05) is 32.0 Å². The highest BCUT2D eigenvalue weighted by Gasteiger charge is 2.42. The number of pyridine rings is 1. The minimum Gasteiger partial charge on any atom is -0.506 e. The van der Waals surface area contributed by atoms with Crippen molar-refractivity contribution in [2.45, 2.75) is 82.5 Å². The average molecular weight is 952 g/mol. The molecule has 15 heteroatoms. The molecule has 1 aliphatic carbocycles. The summed E-state index contributed by atoms with van der Waals surface area (Å²) in [7, 11) is 0. The Labute approximate surface area is 406 Å². The van der Waals surface area contributed by atoms with E-state index in [0.29, 0.717) is 53.0 Å². The van der Waals surface area contributed by atoms with Gasteiger partial charge in [0.2, 0.25) is 11.2 Å². The van der Waals surface area contributed by atoms with E-state index >= 15 is 0 Å². The number of piperidine rings is 1. The molecule has 1 unspecified atom stereocenters. The monoisotopic (exact) mass is 951 g/mol. The van der Waals surface area contributed by atoms with Crippen molar-refractivity contribution in [3.8, 4) is 17.2 Å². The van der Waals surface area contributed by atoms with Crippen molar-refractivity contribution in [2.75, 3.05) is 32.8 Å². The molecule has 70 heavy (non-hydrogen) atoms. The highest BCUT2D eigenvalue weighted by atomic mass is 16.6. The number of hydrogen-bond donors (Lipinski definition) is 7. The number of nitrogens with one attached hydrogen (secondary N) is 4. The zero-order valence-electron chi connectivity index (χ0n) is 39.4. The normalized spacial score (nSPS) is 17.5. The molecule has 1 saturated carbocycles. The Bertz CT molecular complexity index is 2810. The van der Waals surface area contributed by atoms with Crippen LogP contribution in [0.1, 0.15) is 83.8 Å². The van der Waals surface area contributed by atoms with Crippen molar-refractivity contribution in [3.63, 3.8) is 0 Å². The van der Waals surface area contributed by atoms with Gasteiger partial charge >= 0.3 is 5.97 Å². The van der Waals surface area contributed by atoms with Gasteiger partial charge in [0.1, 0.15) is 17.2 Å². The van der Waals surface area contributed by atoms with Crippen LogP contribution < -0.4 is 31.0 Å². The molecule has 2 heterocycles. The van der Waals surface area contributed by atoms with Crippen molar-refractivity contribution in [3.05, 3.63) is 171 Å². The molecule has 8 rings (SSSR count). The molecule has 0 bridgehead atoms. The Morgan fingerprint density at radius 1 is 0.829 bits per heavy atom. The lowest BCUT2D eigenvalue weighted by molar-refractivity contribution is -0.164. The summed E-state index contributed by atoms with van der Waals surface area (Å²) in [5, 5.41) is 43.2. The van der Waals surface area contributed by atoms with E-state index in [4.69, 9.17) is 14.2 Å². The number of rotatable bonds is 20. The van der Waals surface area contributed by atoms with Crippen molar-refractivity contribution >= 4 is 28.7 Å². The number of aromatic nitrogens is 1. The topological polar surface area (TPSA) is 212 Å². The number of benzene rings is 5. The maximum atomic E-state index is 13.9. The average Bonchev–Trinajstić information content (AvgIpc) is 3.35. The van der Waals surface area contributed by atoms with E-state index in [1.165, 1.54) is 17.7 Å². The molecule has 1 saturated heterocycles. The molecule has 7 N–H and O–H groups in total. The van der Waals surface area contributed by atoms with Crippen LogP contribution in [0.2, 0.25) is 0 Å². The molecule has 2 atom stereocenters. The molecular weight excluding hydrogens is 891 g/mol. The molecule has 366 valence electrons. The predicted molar refractivity (Wildman–Crippen MR) is 264 cm³/mol. The maximum absolute atomic E-state index is 13.9. The van der Waals surface area contributed by atoms with E-state index in [2.05, 4.69) is 38.0 Å². The van der Waals surface area contributed by atoms with Gasteiger partial charge in [-0.3, -0.25) is 19.3 Å². The summed E-state index contributed by atoms with van der Waals surface area (Å²) in [6.07, 6.45) is 1.68. The largest absolute Gasteiger partial charge is 0.506 e. The Kier molecular flexibility index (Phi) is 15.9. The van der Waals surface area contributed by atoms with Crippen LogP contribution in [0.3, 0.4) is 0 Å². The first kappa shape index (κ1) is 49.4. The number of carbonyl (C=O) groups is 3. The van der Waals surface area contributed by atoms with Crippen molar-refractivity contribution in [1.82, 2.24) is 25.8 Å². The number of amides is 2. The van der Waals surface area contributed by atoms with E-state index in [1.54, 1.807) is 84.9 Å². The summed E-state index contributed by atoms with van der Waals surface area (Å²) < 4.78 is 17.8. The second-order valence-corrected chi connectivity index (χ2v) is 18.5. The zero-order valence-corrected chi connectivity index (χ0v) is 39.4. The van der Waals surface area contributed by atoms with Gasteiger partial charge in [0.25, 0.3) is 11.8 Å². The van der Waals surface area contributed by atoms with Gasteiger partial charge in [0.05, 0.1) is 24.3 Å². The smallest absolute Gasteiger partial charge is 0.347 e. The molecule has 5 aromatic carbocycles. The first-order valence-corrected chi connectivity index (χ1v) is 23.9. The number of fused-ring (bicyclic) bond motifs is 1. The number of ether oxygens (including phenoxy) is 3. The minimum atomic E-state index is -2.12. The molecule has 1 aromatic heterocycles. The van der Waals surface area contributed by atoms with Gasteiger partial charge in [-0.2, -0.15) is 0 Å². The fourth-order valence-electron chi connectivity index (χ4n) is 9.09.